The van der Waals surface area contributed by atoms with Crippen molar-refractivity contribution in [1.82, 2.24) is 4.90 Å². The Morgan fingerprint density at radius 2 is 1.48 bits per heavy atom. The fourth-order valence-corrected chi connectivity index (χ4v) is 4.21. The Balaban J connectivity index is 1.45. The first-order chi connectivity index (χ1) is 16.0. The number of aromatic nitrogens is 1. The van der Waals surface area contributed by atoms with Crippen LogP contribution in [0.1, 0.15) is 27.9 Å². The molecule has 0 bridgehead atoms. The van der Waals surface area contributed by atoms with Gasteiger partial charge < -0.3 is 9.80 Å². The van der Waals surface area contributed by atoms with E-state index >= 15 is 0 Å². The average Bonchev–Trinajstić information content (AvgIpc) is 2.84. The Morgan fingerprint density at radius 3 is 2.12 bits per heavy atom. The van der Waals surface area contributed by atoms with Gasteiger partial charge in [-0.3, -0.25) is 4.79 Å². The molecule has 0 aliphatic carbocycles. The molecule has 0 aliphatic heterocycles. The molecule has 0 saturated heterocycles. The van der Waals surface area contributed by atoms with Gasteiger partial charge in [-0.15, -0.1) is 0 Å². The lowest BCUT2D eigenvalue weighted by Gasteiger charge is -2.20. The van der Waals surface area contributed by atoms with Crippen molar-refractivity contribution in [2.24, 2.45) is 0 Å². The van der Waals surface area contributed by atoms with Crippen molar-refractivity contribution < 1.29 is 9.36 Å². The molecule has 0 unspecified atom stereocenters. The SMILES string of the molecule is CN(C)CCCN(C)c1ccc(/C=C/c2cc[n+](CCSC(=O)c3ccccc3)cc2)cc1. The number of thioether (sulfide) groups is 1. The van der Waals surface area contributed by atoms with Crippen LogP contribution in [0.5, 0.6) is 0 Å². The molecule has 2 aromatic carbocycles. The monoisotopic (exact) mass is 460 g/mol. The van der Waals surface area contributed by atoms with E-state index in [1.807, 2.05) is 30.3 Å². The number of hydrogen-bond donors (Lipinski definition) is 0. The van der Waals surface area contributed by atoms with Gasteiger partial charge in [-0.25, -0.2) is 4.57 Å². The van der Waals surface area contributed by atoms with Gasteiger partial charge in [0, 0.05) is 37.0 Å². The normalized spacial score (nSPS) is 11.3. The molecule has 0 fully saturated rings. The Kier molecular flexibility index (Phi) is 9.73. The number of anilines is 1. The molecule has 0 N–H and O–H groups in total. The van der Waals surface area contributed by atoms with E-state index in [-0.39, 0.29) is 5.12 Å². The van der Waals surface area contributed by atoms with E-state index in [2.05, 4.69) is 96.5 Å². The van der Waals surface area contributed by atoms with Gasteiger partial charge in [0.05, 0.1) is 5.75 Å². The Hall–Kier alpha value is -2.89. The molecule has 172 valence electrons. The molecule has 0 atom stereocenters. The zero-order valence-electron chi connectivity index (χ0n) is 19.9. The second-order valence-electron chi connectivity index (χ2n) is 8.37. The molecule has 3 aromatic rings. The minimum Gasteiger partial charge on any atom is -0.375 e. The summed E-state index contributed by atoms with van der Waals surface area (Å²) in [5.74, 6) is 0.753. The molecular formula is C28H34N3OS+. The molecule has 1 aromatic heterocycles. The summed E-state index contributed by atoms with van der Waals surface area (Å²) in [6.07, 6.45) is 9.57. The predicted molar refractivity (Wildman–Crippen MR) is 142 cm³/mol. The zero-order chi connectivity index (χ0) is 23.5. The number of pyridine rings is 1. The van der Waals surface area contributed by atoms with Gasteiger partial charge in [-0.1, -0.05) is 66.4 Å². The molecule has 0 saturated carbocycles. The van der Waals surface area contributed by atoms with E-state index in [1.54, 1.807) is 0 Å². The maximum Gasteiger partial charge on any atom is 0.219 e. The molecule has 0 amide bonds. The lowest BCUT2D eigenvalue weighted by molar-refractivity contribution is -0.692. The largest absolute Gasteiger partial charge is 0.375 e. The van der Waals surface area contributed by atoms with Crippen molar-refractivity contribution in [3.8, 4) is 0 Å². The third-order valence-corrected chi connectivity index (χ3v) is 6.29. The van der Waals surface area contributed by atoms with Crippen LogP contribution >= 0.6 is 11.8 Å². The molecule has 4 nitrogen and oxygen atoms in total. The van der Waals surface area contributed by atoms with Crippen molar-refractivity contribution in [1.29, 1.82) is 0 Å². The molecule has 0 spiro atoms. The minimum absolute atomic E-state index is 0.126. The van der Waals surface area contributed by atoms with Crippen LogP contribution in [0, 0.1) is 0 Å². The summed E-state index contributed by atoms with van der Waals surface area (Å²) in [4.78, 5) is 16.7. The van der Waals surface area contributed by atoms with Gasteiger partial charge in [0.15, 0.2) is 18.9 Å². The topological polar surface area (TPSA) is 27.4 Å². The Labute approximate surface area is 202 Å². The highest BCUT2D eigenvalue weighted by Gasteiger charge is 2.08. The van der Waals surface area contributed by atoms with E-state index in [0.29, 0.717) is 0 Å². The van der Waals surface area contributed by atoms with Crippen LogP contribution in [-0.4, -0.2) is 50.0 Å². The zero-order valence-corrected chi connectivity index (χ0v) is 20.7. The van der Waals surface area contributed by atoms with Gasteiger partial charge in [0.2, 0.25) is 5.12 Å². The first-order valence-corrected chi connectivity index (χ1v) is 12.3. The van der Waals surface area contributed by atoms with Gasteiger partial charge in [0.25, 0.3) is 0 Å². The molecular weight excluding hydrogens is 426 g/mol. The van der Waals surface area contributed by atoms with E-state index in [9.17, 15) is 4.79 Å². The van der Waals surface area contributed by atoms with E-state index < -0.39 is 0 Å². The quantitative estimate of drug-likeness (QED) is 0.372. The highest BCUT2D eigenvalue weighted by atomic mass is 32.2. The number of rotatable bonds is 11. The molecule has 0 aliphatic rings. The van der Waals surface area contributed by atoms with Crippen LogP contribution in [0.4, 0.5) is 5.69 Å². The van der Waals surface area contributed by atoms with Gasteiger partial charge in [0.1, 0.15) is 0 Å². The molecule has 3 rings (SSSR count). The number of nitrogens with zero attached hydrogens (tertiary/aromatic N) is 3. The maximum absolute atomic E-state index is 12.2. The fraction of sp³-hybridized carbons (Fsp3) is 0.286. The summed E-state index contributed by atoms with van der Waals surface area (Å²) in [6, 6.07) is 22.4. The lowest BCUT2D eigenvalue weighted by Crippen LogP contribution is -2.34. The highest BCUT2D eigenvalue weighted by molar-refractivity contribution is 8.14. The fourth-order valence-electron chi connectivity index (χ4n) is 3.42. The number of hydrogen-bond acceptors (Lipinski definition) is 4. The van der Waals surface area contributed by atoms with Gasteiger partial charge >= 0.3 is 0 Å². The smallest absolute Gasteiger partial charge is 0.219 e. The third kappa shape index (κ3) is 8.52. The second kappa shape index (κ2) is 13.0. The van der Waals surface area contributed by atoms with Crippen molar-refractivity contribution in [3.05, 3.63) is 95.8 Å². The number of carbonyl (C=O) groups excluding carboxylic acids is 1. The molecule has 1 heterocycles. The summed E-state index contributed by atoms with van der Waals surface area (Å²) >= 11 is 1.37. The average molecular weight is 461 g/mol. The maximum atomic E-state index is 12.2. The van der Waals surface area contributed by atoms with Crippen LogP contribution in [0.15, 0.2) is 79.1 Å². The van der Waals surface area contributed by atoms with Crippen LogP contribution in [-0.2, 0) is 6.54 Å². The molecule has 33 heavy (non-hydrogen) atoms. The summed E-state index contributed by atoms with van der Waals surface area (Å²) in [5, 5.41) is 0.126. The van der Waals surface area contributed by atoms with Gasteiger partial charge in [-0.05, 0) is 50.3 Å². The summed E-state index contributed by atoms with van der Waals surface area (Å²) in [7, 11) is 6.37. The second-order valence-corrected chi connectivity index (χ2v) is 9.44. The summed E-state index contributed by atoms with van der Waals surface area (Å²) < 4.78 is 2.11. The number of benzene rings is 2. The van der Waals surface area contributed by atoms with E-state index in [4.69, 9.17) is 0 Å². The van der Waals surface area contributed by atoms with Crippen LogP contribution in [0.2, 0.25) is 0 Å². The van der Waals surface area contributed by atoms with Gasteiger partial charge in [-0.2, -0.15) is 0 Å². The Morgan fingerprint density at radius 1 is 0.848 bits per heavy atom. The summed E-state index contributed by atoms with van der Waals surface area (Å²) in [6.45, 7) is 2.96. The van der Waals surface area contributed by atoms with E-state index in [1.165, 1.54) is 23.0 Å². The molecule has 5 heteroatoms. The van der Waals surface area contributed by atoms with E-state index in [0.717, 1.165) is 42.9 Å². The Bertz CT molecular complexity index is 1020. The van der Waals surface area contributed by atoms with Crippen molar-refractivity contribution >= 4 is 34.7 Å². The highest BCUT2D eigenvalue weighted by Crippen LogP contribution is 2.16. The van der Waals surface area contributed by atoms with Crippen molar-refractivity contribution in [2.75, 3.05) is 44.9 Å². The van der Waals surface area contributed by atoms with Crippen LogP contribution in [0.25, 0.3) is 12.2 Å². The minimum atomic E-state index is 0.126. The first-order valence-electron chi connectivity index (χ1n) is 11.4. The molecule has 0 radical (unpaired) electrons. The number of aryl methyl sites for hydroxylation is 1. The van der Waals surface area contributed by atoms with Crippen LogP contribution in [0.3, 0.4) is 0 Å². The summed E-state index contributed by atoms with van der Waals surface area (Å²) in [5.41, 5.74) is 4.35. The predicted octanol–water partition coefficient (Wildman–Crippen LogP) is 5.11. The number of carbonyl (C=O) groups is 1. The first kappa shape index (κ1) is 24.7. The standard InChI is InChI=1S/C28H34N3OS/c1-29(2)18-7-19-30(3)27-14-12-24(13-15-27)10-11-25-16-20-31(21-17-25)22-23-33-28(32)26-8-5-4-6-9-26/h4-6,8-17,20-21H,7,18-19,22-23H2,1-3H3/q+1. The van der Waals surface area contributed by atoms with Crippen molar-refractivity contribution in [2.45, 2.75) is 13.0 Å². The van der Waals surface area contributed by atoms with Crippen molar-refractivity contribution in [3.63, 3.8) is 0 Å². The lowest BCUT2D eigenvalue weighted by atomic mass is 10.1. The van der Waals surface area contributed by atoms with Crippen LogP contribution < -0.4 is 9.47 Å². The third-order valence-electron chi connectivity index (χ3n) is 5.41.